The number of fused-ring (bicyclic) bond motifs is 1. The van der Waals surface area contributed by atoms with E-state index in [-0.39, 0.29) is 29.9 Å². The fraction of sp³-hybridized carbons (Fsp3) is 0.391. The van der Waals surface area contributed by atoms with Gasteiger partial charge in [-0.3, -0.25) is 4.79 Å². The van der Waals surface area contributed by atoms with Crippen LogP contribution in [0.25, 0.3) is 0 Å². The van der Waals surface area contributed by atoms with Crippen molar-refractivity contribution < 1.29 is 14.3 Å². The number of cyclic esters (lactones) is 1. The van der Waals surface area contributed by atoms with Gasteiger partial charge in [-0.1, -0.05) is 68.4 Å². The Morgan fingerprint density at radius 2 is 1.81 bits per heavy atom. The van der Waals surface area contributed by atoms with Gasteiger partial charge in [0.15, 0.2) is 0 Å². The molecule has 1 aliphatic heterocycles. The molecule has 0 aromatic heterocycles. The molecule has 2 amide bonds. The molecule has 4 heteroatoms. The van der Waals surface area contributed by atoms with Crippen molar-refractivity contribution in [3.05, 3.63) is 71.3 Å². The van der Waals surface area contributed by atoms with Crippen LogP contribution in [-0.2, 0) is 21.4 Å². The monoisotopic (exact) mass is 363 g/mol. The molecule has 4 nitrogen and oxygen atoms in total. The standard InChI is InChI=1S/C23H25NO3/c1-23(2)14-17(19-10-6-7-11-20(19)23)13-21(25)24-18(15-27-22(24)26)12-16-8-4-3-5-9-16/h3-11,17-18H,12-15H2,1-2H3/t17?,18-/m0/s1. The van der Waals surface area contributed by atoms with Crippen LogP contribution in [0.2, 0.25) is 0 Å². The number of imide groups is 1. The Bertz CT molecular complexity index is 859. The van der Waals surface area contributed by atoms with Gasteiger partial charge >= 0.3 is 6.09 Å². The first kappa shape index (κ1) is 17.8. The molecule has 27 heavy (non-hydrogen) atoms. The van der Waals surface area contributed by atoms with Crippen LogP contribution in [0.3, 0.4) is 0 Å². The predicted molar refractivity (Wildman–Crippen MR) is 104 cm³/mol. The molecule has 0 bridgehead atoms. The minimum atomic E-state index is -0.508. The fourth-order valence-electron chi connectivity index (χ4n) is 4.60. The summed E-state index contributed by atoms with van der Waals surface area (Å²) < 4.78 is 5.21. The van der Waals surface area contributed by atoms with Crippen LogP contribution in [0, 0.1) is 0 Å². The maximum Gasteiger partial charge on any atom is 0.416 e. The molecular formula is C23H25NO3. The van der Waals surface area contributed by atoms with E-state index in [1.165, 1.54) is 16.0 Å². The number of nitrogens with zero attached hydrogens (tertiary/aromatic N) is 1. The van der Waals surface area contributed by atoms with Crippen molar-refractivity contribution >= 4 is 12.0 Å². The molecule has 1 aliphatic carbocycles. The summed E-state index contributed by atoms with van der Waals surface area (Å²) in [7, 11) is 0. The Balaban J connectivity index is 1.51. The van der Waals surface area contributed by atoms with Gasteiger partial charge in [0.05, 0.1) is 6.04 Å². The summed E-state index contributed by atoms with van der Waals surface area (Å²) in [5.41, 5.74) is 3.71. The summed E-state index contributed by atoms with van der Waals surface area (Å²) in [6.07, 6.45) is 1.39. The topological polar surface area (TPSA) is 46.6 Å². The first-order valence-corrected chi connectivity index (χ1v) is 9.58. The molecule has 2 aromatic carbocycles. The van der Waals surface area contributed by atoms with E-state index in [9.17, 15) is 9.59 Å². The largest absolute Gasteiger partial charge is 0.447 e. The van der Waals surface area contributed by atoms with Crippen molar-refractivity contribution in [1.82, 2.24) is 4.90 Å². The van der Waals surface area contributed by atoms with Crippen molar-refractivity contribution in [2.24, 2.45) is 0 Å². The van der Waals surface area contributed by atoms with Gasteiger partial charge in [0.2, 0.25) is 5.91 Å². The minimum absolute atomic E-state index is 0.0521. The SMILES string of the molecule is CC1(C)CC(CC(=O)N2C(=O)OC[C@@H]2Cc2ccccc2)c2ccccc21. The quantitative estimate of drug-likeness (QED) is 0.807. The van der Waals surface area contributed by atoms with E-state index in [1.54, 1.807) is 0 Å². The highest BCUT2D eigenvalue weighted by Crippen LogP contribution is 2.47. The molecule has 1 heterocycles. The van der Waals surface area contributed by atoms with Crippen molar-refractivity contribution in [3.63, 3.8) is 0 Å². The van der Waals surface area contributed by atoms with E-state index in [1.807, 2.05) is 36.4 Å². The van der Waals surface area contributed by atoms with Crippen LogP contribution in [0.4, 0.5) is 4.79 Å². The lowest BCUT2D eigenvalue weighted by molar-refractivity contribution is -0.129. The van der Waals surface area contributed by atoms with E-state index in [0.717, 1.165) is 12.0 Å². The maximum absolute atomic E-state index is 13.1. The van der Waals surface area contributed by atoms with Gasteiger partial charge in [-0.15, -0.1) is 0 Å². The first-order chi connectivity index (χ1) is 13.0. The first-order valence-electron chi connectivity index (χ1n) is 9.58. The van der Waals surface area contributed by atoms with Crippen molar-refractivity contribution in [2.75, 3.05) is 6.61 Å². The Morgan fingerprint density at radius 3 is 2.59 bits per heavy atom. The molecular weight excluding hydrogens is 338 g/mol. The van der Waals surface area contributed by atoms with E-state index in [0.29, 0.717) is 12.8 Å². The molecule has 0 N–H and O–H groups in total. The molecule has 1 unspecified atom stereocenters. The molecule has 0 radical (unpaired) electrons. The summed E-state index contributed by atoms with van der Waals surface area (Å²) in [6, 6.07) is 18.1. The number of benzene rings is 2. The average molecular weight is 363 g/mol. The molecule has 2 atom stereocenters. The lowest BCUT2D eigenvalue weighted by Crippen LogP contribution is -2.40. The molecule has 4 rings (SSSR count). The Kier molecular flexibility index (Phi) is 4.50. The van der Waals surface area contributed by atoms with Crippen LogP contribution in [0.5, 0.6) is 0 Å². The highest BCUT2D eigenvalue weighted by molar-refractivity contribution is 5.94. The zero-order chi connectivity index (χ0) is 19.0. The number of carbonyl (C=O) groups excluding carboxylic acids is 2. The molecule has 140 valence electrons. The molecule has 1 fully saturated rings. The summed E-state index contributed by atoms with van der Waals surface area (Å²) in [5.74, 6) is 0.0189. The summed E-state index contributed by atoms with van der Waals surface area (Å²) in [5, 5.41) is 0. The molecule has 1 saturated heterocycles. The second-order valence-electron chi connectivity index (χ2n) is 8.26. The molecule has 2 aliphatic rings. The van der Waals surface area contributed by atoms with E-state index < -0.39 is 6.09 Å². The Hall–Kier alpha value is -2.62. The van der Waals surface area contributed by atoms with Gasteiger partial charge in [-0.2, -0.15) is 0 Å². The number of hydrogen-bond donors (Lipinski definition) is 0. The fourth-order valence-corrected chi connectivity index (χ4v) is 4.60. The second-order valence-corrected chi connectivity index (χ2v) is 8.26. The number of ether oxygens (including phenoxy) is 1. The van der Waals surface area contributed by atoms with Gasteiger partial charge in [0, 0.05) is 6.42 Å². The second kappa shape index (κ2) is 6.84. The summed E-state index contributed by atoms with van der Waals surface area (Å²) in [6.45, 7) is 4.71. The number of rotatable bonds is 4. The number of hydrogen-bond acceptors (Lipinski definition) is 3. The van der Waals surface area contributed by atoms with Crippen LogP contribution in [-0.4, -0.2) is 29.5 Å². The number of amides is 2. The number of carbonyl (C=O) groups is 2. The van der Waals surface area contributed by atoms with Crippen molar-refractivity contribution in [2.45, 2.75) is 50.5 Å². The predicted octanol–water partition coefficient (Wildman–Crippen LogP) is 4.43. The zero-order valence-electron chi connectivity index (χ0n) is 15.9. The summed E-state index contributed by atoms with van der Waals surface area (Å²) >= 11 is 0. The van der Waals surface area contributed by atoms with E-state index in [2.05, 4.69) is 32.0 Å². The van der Waals surface area contributed by atoms with Gasteiger partial charge in [-0.25, -0.2) is 9.69 Å². The zero-order valence-corrected chi connectivity index (χ0v) is 15.9. The smallest absolute Gasteiger partial charge is 0.416 e. The highest BCUT2D eigenvalue weighted by atomic mass is 16.6. The van der Waals surface area contributed by atoms with Gasteiger partial charge in [-0.05, 0) is 40.9 Å². The minimum Gasteiger partial charge on any atom is -0.447 e. The van der Waals surface area contributed by atoms with Gasteiger partial charge in [0.1, 0.15) is 6.61 Å². The van der Waals surface area contributed by atoms with Crippen LogP contribution in [0.15, 0.2) is 54.6 Å². The normalized spacial score (nSPS) is 23.2. The third-order valence-corrected chi connectivity index (χ3v) is 5.85. The lowest BCUT2D eigenvalue weighted by atomic mass is 9.86. The highest BCUT2D eigenvalue weighted by Gasteiger charge is 2.42. The molecule has 0 saturated carbocycles. The van der Waals surface area contributed by atoms with Crippen LogP contribution in [0.1, 0.15) is 49.3 Å². The lowest BCUT2D eigenvalue weighted by Gasteiger charge is -2.22. The van der Waals surface area contributed by atoms with Gasteiger partial charge < -0.3 is 4.74 Å². The average Bonchev–Trinajstić information content (AvgIpc) is 3.13. The van der Waals surface area contributed by atoms with E-state index >= 15 is 0 Å². The van der Waals surface area contributed by atoms with Crippen molar-refractivity contribution in [3.8, 4) is 0 Å². The van der Waals surface area contributed by atoms with E-state index in [4.69, 9.17) is 4.74 Å². The third-order valence-electron chi connectivity index (χ3n) is 5.85. The molecule has 0 spiro atoms. The van der Waals surface area contributed by atoms with Crippen molar-refractivity contribution in [1.29, 1.82) is 0 Å². The molecule has 2 aromatic rings. The Morgan fingerprint density at radius 1 is 1.11 bits per heavy atom. The van der Waals surface area contributed by atoms with Crippen LogP contribution < -0.4 is 0 Å². The van der Waals surface area contributed by atoms with Crippen LogP contribution >= 0.6 is 0 Å². The maximum atomic E-state index is 13.1. The third kappa shape index (κ3) is 3.36. The Labute approximate surface area is 160 Å². The summed E-state index contributed by atoms with van der Waals surface area (Å²) in [4.78, 5) is 26.7. The van der Waals surface area contributed by atoms with Gasteiger partial charge in [0.25, 0.3) is 0 Å².